The van der Waals surface area contributed by atoms with Crippen LogP contribution in [0.25, 0.3) is 0 Å². The van der Waals surface area contributed by atoms with Crippen LogP contribution in [0.5, 0.6) is 23.0 Å². The van der Waals surface area contributed by atoms with Crippen LogP contribution in [0, 0.1) is 0 Å². The summed E-state index contributed by atoms with van der Waals surface area (Å²) in [7, 11) is 1.70. The highest BCUT2D eigenvalue weighted by Gasteiger charge is 2.23. The van der Waals surface area contributed by atoms with Crippen LogP contribution >= 0.6 is 0 Å². The average Bonchev–Trinajstić information content (AvgIpc) is 3.25. The lowest BCUT2D eigenvalue weighted by molar-refractivity contribution is 0.173. The van der Waals surface area contributed by atoms with E-state index in [-0.39, 0.29) is 25.9 Å². The molecule has 5 nitrogen and oxygen atoms in total. The number of aliphatic hydroxyl groups is 1. The number of hydrogen-bond donors (Lipinski definition) is 1. The molecule has 1 atom stereocenters. The van der Waals surface area contributed by atoms with Gasteiger partial charge in [-0.3, -0.25) is 0 Å². The number of methoxy groups -OCH3 is 1. The van der Waals surface area contributed by atoms with Gasteiger partial charge in [0.25, 0.3) is 0 Å². The van der Waals surface area contributed by atoms with E-state index >= 15 is 0 Å². The van der Waals surface area contributed by atoms with Gasteiger partial charge in [0.2, 0.25) is 6.79 Å². The lowest BCUT2D eigenvalue weighted by atomic mass is 9.90. The number of benzene rings is 3. The molecule has 0 spiro atoms. The van der Waals surface area contributed by atoms with Gasteiger partial charge in [-0.05, 0) is 28.8 Å². The van der Waals surface area contributed by atoms with Crippen molar-refractivity contribution in [1.82, 2.24) is 0 Å². The van der Waals surface area contributed by atoms with Crippen LogP contribution < -0.4 is 18.9 Å². The zero-order chi connectivity index (χ0) is 20.9. The summed E-state index contributed by atoms with van der Waals surface area (Å²) < 4.78 is 22.5. The Hall–Kier alpha value is -3.18. The van der Waals surface area contributed by atoms with Crippen molar-refractivity contribution in [2.75, 3.05) is 27.1 Å². The van der Waals surface area contributed by atoms with Crippen LogP contribution in [-0.2, 0) is 6.42 Å². The van der Waals surface area contributed by atoms with E-state index in [9.17, 15) is 5.11 Å². The SMILES string of the molecule is COc1cc([C@@H](C)c2cc3c(cc2OCCO)OCO3)ccc1Cc1ccccc1. The molecule has 0 amide bonds. The molecular weight excluding hydrogens is 380 g/mol. The third kappa shape index (κ3) is 4.21. The van der Waals surface area contributed by atoms with Gasteiger partial charge < -0.3 is 24.1 Å². The molecular formula is C25H26O5. The monoisotopic (exact) mass is 406 g/mol. The Labute approximate surface area is 176 Å². The fraction of sp³-hybridized carbons (Fsp3) is 0.280. The van der Waals surface area contributed by atoms with Gasteiger partial charge in [0, 0.05) is 24.0 Å². The summed E-state index contributed by atoms with van der Waals surface area (Å²) >= 11 is 0. The Morgan fingerprint density at radius 3 is 2.47 bits per heavy atom. The maximum atomic E-state index is 9.19. The first-order chi connectivity index (χ1) is 14.7. The summed E-state index contributed by atoms with van der Waals surface area (Å²) in [4.78, 5) is 0. The standard InChI is InChI=1S/C25H26O5/c1-17(21-14-24-25(30-16-29-24)15-23(21)28-11-10-26)19-8-9-20(22(13-19)27-2)12-18-6-4-3-5-7-18/h3-9,13-15,17,26H,10-12,16H2,1-2H3/t17-/m1/s1. The van der Waals surface area contributed by atoms with E-state index in [4.69, 9.17) is 18.9 Å². The first-order valence-corrected chi connectivity index (χ1v) is 10.1. The third-order valence-electron chi connectivity index (χ3n) is 5.37. The van der Waals surface area contributed by atoms with Crippen molar-refractivity contribution in [3.63, 3.8) is 0 Å². The third-order valence-corrected chi connectivity index (χ3v) is 5.37. The second-order valence-electron chi connectivity index (χ2n) is 7.27. The maximum Gasteiger partial charge on any atom is 0.231 e. The van der Waals surface area contributed by atoms with Crippen molar-refractivity contribution in [1.29, 1.82) is 0 Å². The molecule has 0 aliphatic carbocycles. The van der Waals surface area contributed by atoms with Crippen LogP contribution in [0.15, 0.2) is 60.7 Å². The Bertz CT molecular complexity index is 1000. The molecule has 0 saturated heterocycles. The number of fused-ring (bicyclic) bond motifs is 1. The van der Waals surface area contributed by atoms with Gasteiger partial charge in [0.05, 0.1) is 13.7 Å². The van der Waals surface area contributed by atoms with Gasteiger partial charge in [0.15, 0.2) is 11.5 Å². The second kappa shape index (κ2) is 9.09. The van der Waals surface area contributed by atoms with Gasteiger partial charge >= 0.3 is 0 Å². The highest BCUT2D eigenvalue weighted by Crippen LogP contribution is 2.43. The molecule has 1 heterocycles. The molecule has 3 aromatic carbocycles. The molecule has 1 aliphatic rings. The van der Waals surface area contributed by atoms with E-state index in [2.05, 4.69) is 37.3 Å². The van der Waals surface area contributed by atoms with Gasteiger partial charge in [-0.15, -0.1) is 0 Å². The summed E-state index contributed by atoms with van der Waals surface area (Å²) in [6.45, 7) is 2.49. The molecule has 5 heteroatoms. The highest BCUT2D eigenvalue weighted by atomic mass is 16.7. The Morgan fingerprint density at radius 1 is 0.967 bits per heavy atom. The average molecular weight is 406 g/mol. The highest BCUT2D eigenvalue weighted by molar-refractivity contribution is 5.55. The maximum absolute atomic E-state index is 9.19. The number of ether oxygens (including phenoxy) is 4. The molecule has 3 aromatic rings. The van der Waals surface area contributed by atoms with Gasteiger partial charge in [-0.1, -0.05) is 49.4 Å². The molecule has 4 rings (SSSR count). The molecule has 0 radical (unpaired) electrons. The van der Waals surface area contributed by atoms with Crippen LogP contribution in [0.3, 0.4) is 0 Å². The van der Waals surface area contributed by atoms with Gasteiger partial charge in [0.1, 0.15) is 18.1 Å². The molecule has 30 heavy (non-hydrogen) atoms. The fourth-order valence-corrected chi connectivity index (χ4v) is 3.73. The molecule has 1 N–H and O–H groups in total. The number of aliphatic hydroxyl groups excluding tert-OH is 1. The molecule has 0 bridgehead atoms. The molecule has 0 fully saturated rings. The quantitative estimate of drug-likeness (QED) is 0.595. The second-order valence-corrected chi connectivity index (χ2v) is 7.27. The van der Waals surface area contributed by atoms with E-state index in [0.717, 1.165) is 28.9 Å². The number of rotatable bonds is 8. The smallest absolute Gasteiger partial charge is 0.231 e. The lowest BCUT2D eigenvalue weighted by Crippen LogP contribution is -2.06. The first-order valence-electron chi connectivity index (χ1n) is 10.1. The van der Waals surface area contributed by atoms with Crippen LogP contribution in [-0.4, -0.2) is 32.2 Å². The van der Waals surface area contributed by atoms with Crippen molar-refractivity contribution in [2.45, 2.75) is 19.3 Å². The zero-order valence-corrected chi connectivity index (χ0v) is 17.3. The van der Waals surface area contributed by atoms with Crippen LogP contribution in [0.2, 0.25) is 0 Å². The van der Waals surface area contributed by atoms with E-state index in [1.807, 2.05) is 30.3 Å². The molecule has 0 saturated carbocycles. The number of hydrogen-bond acceptors (Lipinski definition) is 5. The Kier molecular flexibility index (Phi) is 6.10. The van der Waals surface area contributed by atoms with Crippen molar-refractivity contribution < 1.29 is 24.1 Å². The lowest BCUT2D eigenvalue weighted by Gasteiger charge is -2.19. The van der Waals surface area contributed by atoms with Crippen LogP contribution in [0.4, 0.5) is 0 Å². The predicted octanol–water partition coefficient (Wildman–Crippen LogP) is 4.54. The van der Waals surface area contributed by atoms with Crippen molar-refractivity contribution >= 4 is 0 Å². The summed E-state index contributed by atoms with van der Waals surface area (Å²) in [5.74, 6) is 2.96. The fourth-order valence-electron chi connectivity index (χ4n) is 3.73. The molecule has 1 aliphatic heterocycles. The summed E-state index contributed by atoms with van der Waals surface area (Å²) in [6, 6.07) is 20.5. The van der Waals surface area contributed by atoms with Gasteiger partial charge in [-0.2, -0.15) is 0 Å². The normalized spacial score (nSPS) is 13.2. The van der Waals surface area contributed by atoms with E-state index in [1.54, 1.807) is 7.11 Å². The minimum atomic E-state index is -0.0513. The van der Waals surface area contributed by atoms with E-state index in [0.29, 0.717) is 17.2 Å². The van der Waals surface area contributed by atoms with Crippen LogP contribution in [0.1, 0.15) is 35.1 Å². The first kappa shape index (κ1) is 20.1. The predicted molar refractivity (Wildman–Crippen MR) is 115 cm³/mol. The van der Waals surface area contributed by atoms with Gasteiger partial charge in [-0.25, -0.2) is 0 Å². The largest absolute Gasteiger partial charge is 0.496 e. The topological polar surface area (TPSA) is 57.2 Å². The van der Waals surface area contributed by atoms with E-state index in [1.165, 1.54) is 5.56 Å². The van der Waals surface area contributed by atoms with Crippen molar-refractivity contribution in [3.05, 3.63) is 82.9 Å². The molecule has 0 unspecified atom stereocenters. The minimum Gasteiger partial charge on any atom is -0.496 e. The van der Waals surface area contributed by atoms with E-state index < -0.39 is 0 Å². The molecule has 0 aromatic heterocycles. The van der Waals surface area contributed by atoms with Crippen molar-refractivity contribution in [3.8, 4) is 23.0 Å². The zero-order valence-electron chi connectivity index (χ0n) is 17.3. The summed E-state index contributed by atoms with van der Waals surface area (Å²) in [6.07, 6.45) is 0.813. The Balaban J connectivity index is 1.65. The summed E-state index contributed by atoms with van der Waals surface area (Å²) in [5, 5.41) is 9.19. The minimum absolute atomic E-state index is 0.0351. The van der Waals surface area contributed by atoms with Crippen molar-refractivity contribution in [2.24, 2.45) is 0 Å². The Morgan fingerprint density at radius 2 is 1.73 bits per heavy atom. The molecule has 156 valence electrons. The summed E-state index contributed by atoms with van der Waals surface area (Å²) in [5.41, 5.74) is 4.47.